The van der Waals surface area contributed by atoms with Gasteiger partial charge < -0.3 is 15.5 Å². The summed E-state index contributed by atoms with van der Waals surface area (Å²) >= 11 is 0. The second-order valence-corrected chi connectivity index (χ2v) is 2.90. The van der Waals surface area contributed by atoms with E-state index in [9.17, 15) is 9.59 Å². The zero-order valence-electron chi connectivity index (χ0n) is 7.62. The molecule has 0 aromatic rings. The van der Waals surface area contributed by atoms with E-state index in [0.717, 1.165) is 0 Å². The van der Waals surface area contributed by atoms with E-state index in [1.165, 1.54) is 0 Å². The summed E-state index contributed by atoms with van der Waals surface area (Å²) in [5, 5.41) is 19.3. The lowest BCUT2D eigenvalue weighted by Gasteiger charge is -2.11. The number of amides is 1. The molecule has 0 spiro atoms. The minimum atomic E-state index is -1.13. The van der Waals surface area contributed by atoms with E-state index in [4.69, 9.17) is 10.2 Å². The Balaban J connectivity index is 3.59. The summed E-state index contributed by atoms with van der Waals surface area (Å²) in [6.07, 6.45) is 0.764. The van der Waals surface area contributed by atoms with Crippen LogP contribution in [0.1, 0.15) is 26.2 Å². The molecule has 3 N–H and O–H groups in total. The predicted molar refractivity (Wildman–Crippen MR) is 46.2 cm³/mol. The molecule has 0 fully saturated rings. The normalized spacial score (nSPS) is 12.2. The van der Waals surface area contributed by atoms with Crippen molar-refractivity contribution < 1.29 is 19.8 Å². The van der Waals surface area contributed by atoms with Gasteiger partial charge in [-0.25, -0.2) is 0 Å². The minimum Gasteiger partial charge on any atom is -0.481 e. The van der Waals surface area contributed by atoms with Gasteiger partial charge in [0.05, 0.1) is 0 Å². The molecule has 0 heterocycles. The van der Waals surface area contributed by atoms with Gasteiger partial charge in [0.15, 0.2) is 0 Å². The van der Waals surface area contributed by atoms with Crippen molar-refractivity contribution in [2.45, 2.75) is 32.2 Å². The summed E-state index contributed by atoms with van der Waals surface area (Å²) in [4.78, 5) is 21.0. The molecule has 0 radical (unpaired) electrons. The molecule has 13 heavy (non-hydrogen) atoms. The van der Waals surface area contributed by atoms with Crippen LogP contribution in [0, 0.1) is 0 Å². The van der Waals surface area contributed by atoms with Gasteiger partial charge in [-0.15, -0.1) is 0 Å². The zero-order chi connectivity index (χ0) is 10.3. The molecule has 0 aromatic carbocycles. The average Bonchev–Trinajstić information content (AvgIpc) is 1.98. The van der Waals surface area contributed by atoms with Crippen LogP contribution in [0.15, 0.2) is 0 Å². The maximum absolute atomic E-state index is 10.9. The predicted octanol–water partition coefficient (Wildman–Crippen LogP) is -0.262. The molecular formula is C8H15NO4. The Morgan fingerprint density at radius 3 is 2.54 bits per heavy atom. The third-order valence-corrected chi connectivity index (χ3v) is 1.51. The average molecular weight is 189 g/mol. The number of hydrogen-bond acceptors (Lipinski definition) is 3. The first-order valence-corrected chi connectivity index (χ1v) is 4.18. The van der Waals surface area contributed by atoms with Gasteiger partial charge in [-0.1, -0.05) is 0 Å². The van der Waals surface area contributed by atoms with Crippen LogP contribution in [0.5, 0.6) is 0 Å². The van der Waals surface area contributed by atoms with Crippen LogP contribution in [-0.4, -0.2) is 34.7 Å². The summed E-state index contributed by atoms with van der Waals surface area (Å²) < 4.78 is 0. The molecule has 5 nitrogen and oxygen atoms in total. The summed E-state index contributed by atoms with van der Waals surface area (Å²) in [5.41, 5.74) is 0. The summed E-state index contributed by atoms with van der Waals surface area (Å²) in [6, 6.07) is -0.0843. The smallest absolute Gasteiger partial charge is 0.312 e. The highest BCUT2D eigenvalue weighted by Crippen LogP contribution is 1.95. The number of hydrogen-bond donors (Lipinski definition) is 3. The maximum Gasteiger partial charge on any atom is 0.312 e. The van der Waals surface area contributed by atoms with Crippen molar-refractivity contribution in [2.75, 3.05) is 6.61 Å². The van der Waals surface area contributed by atoms with Crippen LogP contribution in [-0.2, 0) is 9.59 Å². The quantitative estimate of drug-likeness (QED) is 0.502. The van der Waals surface area contributed by atoms with Crippen molar-refractivity contribution >= 4 is 11.9 Å². The van der Waals surface area contributed by atoms with E-state index in [0.29, 0.717) is 12.8 Å². The number of carbonyl (C=O) groups excluding carboxylic acids is 1. The van der Waals surface area contributed by atoms with E-state index in [-0.39, 0.29) is 12.6 Å². The van der Waals surface area contributed by atoms with E-state index in [2.05, 4.69) is 5.32 Å². The molecule has 76 valence electrons. The molecule has 1 atom stereocenters. The van der Waals surface area contributed by atoms with Gasteiger partial charge in [0.25, 0.3) is 0 Å². The number of nitrogens with one attached hydrogen (secondary N) is 1. The van der Waals surface area contributed by atoms with Gasteiger partial charge in [-0.05, 0) is 19.8 Å². The highest BCUT2D eigenvalue weighted by atomic mass is 16.4. The van der Waals surface area contributed by atoms with Crippen LogP contribution >= 0.6 is 0 Å². The molecule has 1 unspecified atom stereocenters. The van der Waals surface area contributed by atoms with Crippen molar-refractivity contribution in [3.05, 3.63) is 0 Å². The number of aliphatic hydroxyl groups is 1. The number of carboxylic acids is 1. The monoisotopic (exact) mass is 189 g/mol. The summed E-state index contributed by atoms with van der Waals surface area (Å²) in [7, 11) is 0. The highest BCUT2D eigenvalue weighted by molar-refractivity contribution is 5.93. The second-order valence-electron chi connectivity index (χ2n) is 2.90. The third-order valence-electron chi connectivity index (χ3n) is 1.51. The van der Waals surface area contributed by atoms with E-state index < -0.39 is 18.3 Å². The van der Waals surface area contributed by atoms with Gasteiger partial charge in [0.2, 0.25) is 5.91 Å². The Bertz CT molecular complexity index is 181. The lowest BCUT2D eigenvalue weighted by molar-refractivity contribution is -0.140. The third kappa shape index (κ3) is 7.27. The number of aliphatic hydroxyl groups excluding tert-OH is 1. The van der Waals surface area contributed by atoms with Crippen LogP contribution in [0.4, 0.5) is 0 Å². The molecule has 0 rings (SSSR count). The molecule has 0 aromatic heterocycles. The SMILES string of the molecule is CC(CCCO)NC(=O)CC(=O)O. The number of rotatable bonds is 6. The molecule has 0 saturated heterocycles. The first-order chi connectivity index (χ1) is 6.06. The Kier molecular flexibility index (Phi) is 5.88. The fourth-order valence-corrected chi connectivity index (χ4v) is 0.933. The zero-order valence-corrected chi connectivity index (χ0v) is 7.62. The van der Waals surface area contributed by atoms with Crippen LogP contribution < -0.4 is 5.32 Å². The van der Waals surface area contributed by atoms with Crippen molar-refractivity contribution in [2.24, 2.45) is 0 Å². The largest absolute Gasteiger partial charge is 0.481 e. The lowest BCUT2D eigenvalue weighted by atomic mass is 10.2. The van der Waals surface area contributed by atoms with Crippen LogP contribution in [0.2, 0.25) is 0 Å². The van der Waals surface area contributed by atoms with Crippen molar-refractivity contribution in [1.29, 1.82) is 0 Å². The molecule has 0 saturated carbocycles. The number of carbonyl (C=O) groups is 2. The molecule has 5 heteroatoms. The topological polar surface area (TPSA) is 86.6 Å². The van der Waals surface area contributed by atoms with Crippen molar-refractivity contribution in [3.8, 4) is 0 Å². The van der Waals surface area contributed by atoms with Gasteiger partial charge in [-0.3, -0.25) is 9.59 Å². The summed E-state index contributed by atoms with van der Waals surface area (Å²) in [5.74, 6) is -1.62. The highest BCUT2D eigenvalue weighted by Gasteiger charge is 2.10. The Morgan fingerprint density at radius 1 is 1.46 bits per heavy atom. The van der Waals surface area contributed by atoms with Crippen molar-refractivity contribution in [3.63, 3.8) is 0 Å². The summed E-state index contributed by atoms with van der Waals surface area (Å²) in [6.45, 7) is 1.86. The molecular weight excluding hydrogens is 174 g/mol. The first kappa shape index (κ1) is 11.9. The van der Waals surface area contributed by atoms with Crippen LogP contribution in [0.3, 0.4) is 0 Å². The van der Waals surface area contributed by atoms with E-state index in [1.807, 2.05) is 0 Å². The van der Waals surface area contributed by atoms with Gasteiger partial charge >= 0.3 is 5.97 Å². The maximum atomic E-state index is 10.9. The standard InChI is InChI=1S/C8H15NO4/c1-6(3-2-4-10)9-7(11)5-8(12)13/h6,10H,2-5H2,1H3,(H,9,11)(H,12,13). The van der Waals surface area contributed by atoms with Gasteiger partial charge in [0, 0.05) is 12.6 Å². The first-order valence-electron chi connectivity index (χ1n) is 4.18. The molecule has 1 amide bonds. The Morgan fingerprint density at radius 2 is 2.08 bits per heavy atom. The van der Waals surface area contributed by atoms with E-state index >= 15 is 0 Å². The number of aliphatic carboxylic acids is 1. The minimum absolute atomic E-state index is 0.0825. The Hall–Kier alpha value is -1.10. The van der Waals surface area contributed by atoms with E-state index in [1.54, 1.807) is 6.92 Å². The molecule has 0 bridgehead atoms. The van der Waals surface area contributed by atoms with Gasteiger partial charge in [-0.2, -0.15) is 0 Å². The van der Waals surface area contributed by atoms with Crippen LogP contribution in [0.25, 0.3) is 0 Å². The molecule has 0 aliphatic carbocycles. The second kappa shape index (κ2) is 6.42. The fourth-order valence-electron chi connectivity index (χ4n) is 0.933. The lowest BCUT2D eigenvalue weighted by Crippen LogP contribution is -2.33. The Labute approximate surface area is 76.8 Å². The van der Waals surface area contributed by atoms with Gasteiger partial charge in [0.1, 0.15) is 6.42 Å². The fraction of sp³-hybridized carbons (Fsp3) is 0.750. The molecule has 0 aliphatic heterocycles. The van der Waals surface area contributed by atoms with Crippen molar-refractivity contribution in [1.82, 2.24) is 5.32 Å². The number of carboxylic acid groups (broad SMARTS) is 1. The molecule has 0 aliphatic rings.